The molecule has 0 radical (unpaired) electrons. The van der Waals surface area contributed by atoms with Gasteiger partial charge in [-0.15, -0.1) is 0 Å². The zero-order chi connectivity index (χ0) is 21.5. The predicted molar refractivity (Wildman–Crippen MR) is 101 cm³/mol. The lowest BCUT2D eigenvalue weighted by atomic mass is 9.96. The number of nitrogens with zero attached hydrogens (tertiary/aromatic N) is 2. The van der Waals surface area contributed by atoms with Crippen molar-refractivity contribution >= 4 is 5.91 Å². The van der Waals surface area contributed by atoms with Crippen LogP contribution in [-0.4, -0.2) is 15.7 Å². The molecule has 152 valence electrons. The summed E-state index contributed by atoms with van der Waals surface area (Å²) in [4.78, 5) is 11.4. The molecule has 4 nitrogen and oxygen atoms in total. The zero-order valence-electron chi connectivity index (χ0n) is 16.1. The number of primary amides is 1. The lowest BCUT2D eigenvalue weighted by molar-refractivity contribution is -0.137. The quantitative estimate of drug-likeness (QED) is 0.648. The number of hydrogen-bond acceptors (Lipinski definition) is 2. The van der Waals surface area contributed by atoms with Gasteiger partial charge in [0.15, 0.2) is 0 Å². The fraction of sp³-hybridized carbons (Fsp3) is 0.238. The maximum atomic E-state index is 13.7. The van der Waals surface area contributed by atoms with Gasteiger partial charge in [-0.1, -0.05) is 0 Å². The molecule has 1 heterocycles. The van der Waals surface area contributed by atoms with Gasteiger partial charge in [-0.25, -0.2) is 4.39 Å². The van der Waals surface area contributed by atoms with Crippen LogP contribution < -0.4 is 5.73 Å². The number of halogens is 4. The Morgan fingerprint density at radius 2 is 1.69 bits per heavy atom. The van der Waals surface area contributed by atoms with Gasteiger partial charge in [0.2, 0.25) is 5.91 Å². The summed E-state index contributed by atoms with van der Waals surface area (Å²) in [5, 5.41) is 4.36. The number of nitrogens with two attached hydrogens (primary N) is 1. The molecule has 0 aliphatic heterocycles. The van der Waals surface area contributed by atoms with E-state index in [-0.39, 0.29) is 12.0 Å². The minimum Gasteiger partial charge on any atom is -0.366 e. The molecule has 1 amide bonds. The second-order valence-corrected chi connectivity index (χ2v) is 7.02. The minimum absolute atomic E-state index is 0.0478. The highest BCUT2D eigenvalue weighted by atomic mass is 19.4. The van der Waals surface area contributed by atoms with Gasteiger partial charge < -0.3 is 5.73 Å². The molecule has 2 N–H and O–H groups in total. The highest BCUT2D eigenvalue weighted by molar-refractivity contribution is 5.94. The lowest BCUT2D eigenvalue weighted by Crippen LogP contribution is -2.12. The van der Waals surface area contributed by atoms with E-state index in [2.05, 4.69) is 5.10 Å². The molecule has 0 unspecified atom stereocenters. The van der Waals surface area contributed by atoms with E-state index in [1.54, 1.807) is 29.9 Å². The van der Waals surface area contributed by atoms with E-state index >= 15 is 0 Å². The maximum absolute atomic E-state index is 13.7. The third kappa shape index (κ3) is 4.31. The van der Waals surface area contributed by atoms with Crippen molar-refractivity contribution in [2.24, 2.45) is 12.8 Å². The van der Waals surface area contributed by atoms with Gasteiger partial charge in [0.1, 0.15) is 5.82 Å². The van der Waals surface area contributed by atoms with Crippen LogP contribution in [0, 0.1) is 19.7 Å². The summed E-state index contributed by atoms with van der Waals surface area (Å²) >= 11 is 0. The number of hydrogen-bond donors (Lipinski definition) is 1. The molecule has 0 saturated carbocycles. The number of aryl methyl sites for hydroxylation is 3. The molecule has 3 aromatic rings. The number of benzene rings is 2. The van der Waals surface area contributed by atoms with Crippen LogP contribution in [0.4, 0.5) is 17.6 Å². The number of amides is 1. The van der Waals surface area contributed by atoms with Crippen LogP contribution >= 0.6 is 0 Å². The van der Waals surface area contributed by atoms with Crippen LogP contribution in [0.1, 0.15) is 38.3 Å². The molecule has 29 heavy (non-hydrogen) atoms. The topological polar surface area (TPSA) is 60.9 Å². The Kier molecular flexibility index (Phi) is 5.21. The van der Waals surface area contributed by atoms with E-state index in [0.29, 0.717) is 17.3 Å². The SMILES string of the molecule is Cc1cc(C(N)=O)cc(C)c1-c1cc(Cc2cc(F)cc(C(F)(F)F)c2)nn1C. The molecular formula is C21H19F4N3O. The Morgan fingerprint density at radius 1 is 1.07 bits per heavy atom. The lowest BCUT2D eigenvalue weighted by Gasteiger charge is -2.11. The second kappa shape index (κ2) is 7.35. The van der Waals surface area contributed by atoms with Gasteiger partial charge in [0.05, 0.1) is 17.0 Å². The predicted octanol–water partition coefficient (Wildman–Crippen LogP) is 4.55. The van der Waals surface area contributed by atoms with E-state index < -0.39 is 23.5 Å². The molecule has 2 aromatic carbocycles. The van der Waals surface area contributed by atoms with Gasteiger partial charge in [0, 0.05) is 24.6 Å². The number of carbonyl (C=O) groups excluding carboxylic acids is 1. The van der Waals surface area contributed by atoms with Crippen LogP contribution in [0.15, 0.2) is 36.4 Å². The summed E-state index contributed by atoms with van der Waals surface area (Å²) < 4.78 is 54.1. The fourth-order valence-electron chi connectivity index (χ4n) is 3.48. The Hall–Kier alpha value is -3.16. The van der Waals surface area contributed by atoms with Crippen LogP contribution in [0.2, 0.25) is 0 Å². The normalized spacial score (nSPS) is 11.7. The van der Waals surface area contributed by atoms with Crippen molar-refractivity contribution in [2.75, 3.05) is 0 Å². The van der Waals surface area contributed by atoms with Gasteiger partial charge in [0.25, 0.3) is 0 Å². The second-order valence-electron chi connectivity index (χ2n) is 7.02. The maximum Gasteiger partial charge on any atom is 0.416 e. The Labute approximate surface area is 165 Å². The first-order chi connectivity index (χ1) is 13.5. The first-order valence-electron chi connectivity index (χ1n) is 8.76. The average Bonchev–Trinajstić information content (AvgIpc) is 2.92. The highest BCUT2D eigenvalue weighted by Gasteiger charge is 2.31. The third-order valence-electron chi connectivity index (χ3n) is 4.67. The molecule has 3 rings (SSSR count). The van der Waals surface area contributed by atoms with Crippen molar-refractivity contribution in [3.63, 3.8) is 0 Å². The molecule has 0 aliphatic carbocycles. The van der Waals surface area contributed by atoms with Crippen LogP contribution in [0.5, 0.6) is 0 Å². The van der Waals surface area contributed by atoms with E-state index in [4.69, 9.17) is 5.73 Å². The molecule has 8 heteroatoms. The minimum atomic E-state index is -4.62. The monoisotopic (exact) mass is 405 g/mol. The van der Waals surface area contributed by atoms with Crippen molar-refractivity contribution in [3.8, 4) is 11.3 Å². The third-order valence-corrected chi connectivity index (χ3v) is 4.67. The molecule has 0 fully saturated rings. The first kappa shape index (κ1) is 20.6. The summed E-state index contributed by atoms with van der Waals surface area (Å²) in [6.07, 6.45) is -4.57. The van der Waals surface area contributed by atoms with E-state index in [9.17, 15) is 22.4 Å². The summed E-state index contributed by atoms with van der Waals surface area (Å²) in [5.74, 6) is -1.47. The molecule has 0 bridgehead atoms. The number of rotatable bonds is 4. The highest BCUT2D eigenvalue weighted by Crippen LogP contribution is 2.32. The molecule has 0 atom stereocenters. The van der Waals surface area contributed by atoms with Crippen molar-refractivity contribution in [1.29, 1.82) is 0 Å². The van der Waals surface area contributed by atoms with E-state index in [0.717, 1.165) is 34.5 Å². The Bertz CT molecular complexity index is 1080. The molecule has 0 spiro atoms. The molecule has 0 saturated heterocycles. The van der Waals surface area contributed by atoms with E-state index in [1.165, 1.54) is 0 Å². The standard InChI is InChI=1S/C21H19F4N3O/c1-11-4-14(20(26)29)5-12(2)19(11)18-10-17(27-28(18)3)8-13-6-15(21(23,24)25)9-16(22)7-13/h4-7,9-10H,8H2,1-3H3,(H2,26,29). The van der Waals surface area contributed by atoms with Crippen LogP contribution in [0.3, 0.4) is 0 Å². The Balaban J connectivity index is 1.99. The number of carbonyl (C=O) groups is 1. The fourth-order valence-corrected chi connectivity index (χ4v) is 3.48. The van der Waals surface area contributed by atoms with Crippen LogP contribution in [0.25, 0.3) is 11.3 Å². The number of aromatic nitrogens is 2. The molecule has 1 aromatic heterocycles. The summed E-state index contributed by atoms with van der Waals surface area (Å²) in [5.41, 5.74) is 8.61. The Morgan fingerprint density at radius 3 is 2.24 bits per heavy atom. The van der Waals surface area contributed by atoms with Gasteiger partial charge >= 0.3 is 6.18 Å². The first-order valence-corrected chi connectivity index (χ1v) is 8.76. The summed E-state index contributed by atoms with van der Waals surface area (Å²) in [6.45, 7) is 3.67. The zero-order valence-corrected chi connectivity index (χ0v) is 16.1. The summed E-state index contributed by atoms with van der Waals surface area (Å²) in [6, 6.07) is 7.58. The van der Waals surface area contributed by atoms with Crippen molar-refractivity contribution in [2.45, 2.75) is 26.4 Å². The smallest absolute Gasteiger partial charge is 0.366 e. The molecular weight excluding hydrogens is 386 g/mol. The van der Waals surface area contributed by atoms with E-state index in [1.807, 2.05) is 13.8 Å². The van der Waals surface area contributed by atoms with Gasteiger partial charge in [-0.2, -0.15) is 18.3 Å². The average molecular weight is 405 g/mol. The summed E-state index contributed by atoms with van der Waals surface area (Å²) in [7, 11) is 1.71. The number of alkyl halides is 3. The van der Waals surface area contributed by atoms with Crippen LogP contribution in [-0.2, 0) is 19.6 Å². The van der Waals surface area contributed by atoms with Crippen molar-refractivity contribution < 1.29 is 22.4 Å². The van der Waals surface area contributed by atoms with Gasteiger partial charge in [-0.05, 0) is 66.9 Å². The largest absolute Gasteiger partial charge is 0.416 e. The van der Waals surface area contributed by atoms with Crippen molar-refractivity contribution in [3.05, 3.63) is 75.7 Å². The van der Waals surface area contributed by atoms with Crippen molar-refractivity contribution in [1.82, 2.24) is 9.78 Å². The van der Waals surface area contributed by atoms with Gasteiger partial charge in [-0.3, -0.25) is 9.48 Å². The molecule has 0 aliphatic rings.